The molecule has 0 saturated carbocycles. The summed E-state index contributed by atoms with van der Waals surface area (Å²) in [7, 11) is 9.55. The van der Waals surface area contributed by atoms with Crippen molar-refractivity contribution in [2.24, 2.45) is 0 Å². The molecule has 3 aromatic carbocycles. The predicted octanol–water partition coefficient (Wildman–Crippen LogP) is 5.03. The number of amides is 1. The van der Waals surface area contributed by atoms with Gasteiger partial charge in [0.05, 0.1) is 53.6 Å². The Bertz CT molecular complexity index is 1210. The van der Waals surface area contributed by atoms with Crippen LogP contribution in [0.3, 0.4) is 0 Å². The number of benzene rings is 3. The average molecular weight is 538 g/mol. The van der Waals surface area contributed by atoms with Crippen molar-refractivity contribution < 1.29 is 33.6 Å². The highest BCUT2D eigenvalue weighted by atomic mass is 16.5. The first-order valence-corrected chi connectivity index (χ1v) is 12.8. The number of aliphatic hydroxyl groups excluding tert-OH is 1. The van der Waals surface area contributed by atoms with E-state index in [1.54, 1.807) is 47.5 Å². The molecular weight excluding hydrogens is 498 g/mol. The van der Waals surface area contributed by atoms with E-state index < -0.39 is 18.1 Å². The fraction of sp³-hybridized carbons (Fsp3) is 0.387. The Labute approximate surface area is 231 Å². The smallest absolute Gasteiger partial charge is 0.230 e. The van der Waals surface area contributed by atoms with Gasteiger partial charge in [-0.05, 0) is 60.7 Å². The number of nitrogens with zero attached hydrogens (tertiary/aromatic N) is 1. The van der Waals surface area contributed by atoms with Gasteiger partial charge < -0.3 is 33.7 Å². The fourth-order valence-corrected chi connectivity index (χ4v) is 4.67. The Hall–Kier alpha value is -3.91. The lowest BCUT2D eigenvalue weighted by Gasteiger charge is -2.32. The largest absolute Gasteiger partial charge is 0.493 e. The molecule has 8 heteroatoms. The minimum atomic E-state index is -0.841. The number of hydrogen-bond donors (Lipinski definition) is 1. The molecular formula is C31H39NO7. The van der Waals surface area contributed by atoms with Crippen LogP contribution in [-0.4, -0.2) is 64.6 Å². The molecule has 0 heterocycles. The second kappa shape index (κ2) is 13.8. The molecule has 0 radical (unpaired) electrons. The van der Waals surface area contributed by atoms with E-state index >= 15 is 0 Å². The lowest BCUT2D eigenvalue weighted by atomic mass is 9.89. The van der Waals surface area contributed by atoms with Gasteiger partial charge in [-0.3, -0.25) is 4.79 Å². The van der Waals surface area contributed by atoms with Crippen LogP contribution in [0.1, 0.15) is 42.1 Å². The van der Waals surface area contributed by atoms with E-state index in [9.17, 15) is 9.90 Å². The Kier molecular flexibility index (Phi) is 10.5. The zero-order valence-electron chi connectivity index (χ0n) is 23.8. The van der Waals surface area contributed by atoms with Gasteiger partial charge in [0.1, 0.15) is 0 Å². The van der Waals surface area contributed by atoms with Gasteiger partial charge in [-0.15, -0.1) is 0 Å². The number of carbonyl (C=O) groups excluding carboxylic acids is 1. The van der Waals surface area contributed by atoms with Crippen molar-refractivity contribution in [2.75, 3.05) is 42.6 Å². The zero-order valence-corrected chi connectivity index (χ0v) is 23.8. The third-order valence-corrected chi connectivity index (χ3v) is 7.11. The monoisotopic (exact) mass is 537 g/mol. The van der Waals surface area contributed by atoms with Gasteiger partial charge in [0.25, 0.3) is 0 Å². The Morgan fingerprint density at radius 3 is 1.90 bits per heavy atom. The van der Waals surface area contributed by atoms with E-state index in [-0.39, 0.29) is 5.91 Å². The van der Waals surface area contributed by atoms with E-state index in [2.05, 4.69) is 0 Å². The van der Waals surface area contributed by atoms with Crippen molar-refractivity contribution >= 4 is 5.91 Å². The van der Waals surface area contributed by atoms with Crippen LogP contribution in [0.25, 0.3) is 0 Å². The summed E-state index contributed by atoms with van der Waals surface area (Å²) < 4.78 is 27.5. The van der Waals surface area contributed by atoms with Crippen LogP contribution in [0.4, 0.5) is 0 Å². The van der Waals surface area contributed by atoms with Crippen LogP contribution in [0.15, 0.2) is 60.7 Å². The molecule has 0 saturated heterocycles. The minimum absolute atomic E-state index is 0.132. The Morgan fingerprint density at radius 2 is 1.36 bits per heavy atom. The molecule has 1 N–H and O–H groups in total. The van der Waals surface area contributed by atoms with Crippen molar-refractivity contribution in [1.29, 1.82) is 0 Å². The van der Waals surface area contributed by atoms with E-state index in [1.807, 2.05) is 67.6 Å². The number of ether oxygens (including phenoxy) is 5. The first kappa shape index (κ1) is 29.6. The van der Waals surface area contributed by atoms with Gasteiger partial charge in [0.15, 0.2) is 23.0 Å². The first-order valence-electron chi connectivity index (χ1n) is 12.8. The molecule has 39 heavy (non-hydrogen) atoms. The molecule has 0 spiro atoms. The van der Waals surface area contributed by atoms with Crippen molar-refractivity contribution in [3.05, 3.63) is 77.4 Å². The molecule has 0 aliphatic heterocycles. The first-order chi connectivity index (χ1) is 18.8. The topological polar surface area (TPSA) is 86.7 Å². The van der Waals surface area contributed by atoms with Crippen LogP contribution in [0.2, 0.25) is 0 Å². The standard InChI is InChI=1S/C31H39NO7/c1-20(29(33)22-11-9-8-10-12-22)32(2)31(34)24(15-13-21-14-16-25(35-3)26(17-21)36-4)23-18-27(37-5)30(39-7)28(19-23)38-6/h8-12,14,16-20,24,29,33H,13,15H2,1-7H3/t20-,24-,29+/m0/s1. The second-order valence-corrected chi connectivity index (χ2v) is 9.28. The maximum atomic E-state index is 14.1. The van der Waals surface area contributed by atoms with Crippen LogP contribution in [-0.2, 0) is 11.2 Å². The van der Waals surface area contributed by atoms with E-state index in [1.165, 1.54) is 0 Å². The number of aryl methyl sites for hydroxylation is 1. The maximum Gasteiger partial charge on any atom is 0.230 e. The summed E-state index contributed by atoms with van der Waals surface area (Å²) in [6.07, 6.45) is 0.245. The number of hydrogen-bond acceptors (Lipinski definition) is 7. The van der Waals surface area contributed by atoms with E-state index in [0.29, 0.717) is 41.6 Å². The summed E-state index contributed by atoms with van der Waals surface area (Å²) in [6.45, 7) is 1.84. The molecule has 0 aliphatic rings. The quantitative estimate of drug-likeness (QED) is 0.327. The lowest BCUT2D eigenvalue weighted by Crippen LogP contribution is -2.41. The molecule has 0 aliphatic carbocycles. The average Bonchev–Trinajstić information content (AvgIpc) is 2.99. The van der Waals surface area contributed by atoms with Gasteiger partial charge in [0, 0.05) is 7.05 Å². The molecule has 0 bridgehead atoms. The molecule has 1 amide bonds. The van der Waals surface area contributed by atoms with Crippen molar-refractivity contribution in [3.63, 3.8) is 0 Å². The Morgan fingerprint density at radius 1 is 0.769 bits per heavy atom. The molecule has 210 valence electrons. The van der Waals surface area contributed by atoms with Crippen LogP contribution in [0.5, 0.6) is 28.7 Å². The molecule has 8 nitrogen and oxygen atoms in total. The molecule has 3 rings (SSSR count). The third kappa shape index (κ3) is 6.75. The summed E-state index contributed by atoms with van der Waals surface area (Å²) in [5.74, 6) is 1.97. The number of aliphatic hydroxyl groups is 1. The van der Waals surface area contributed by atoms with Gasteiger partial charge >= 0.3 is 0 Å². The highest BCUT2D eigenvalue weighted by Crippen LogP contribution is 2.41. The molecule has 3 aromatic rings. The van der Waals surface area contributed by atoms with Crippen LogP contribution >= 0.6 is 0 Å². The van der Waals surface area contributed by atoms with Gasteiger partial charge in [-0.1, -0.05) is 36.4 Å². The molecule has 3 atom stereocenters. The second-order valence-electron chi connectivity index (χ2n) is 9.28. The summed E-state index contributed by atoms with van der Waals surface area (Å²) in [6, 6.07) is 18.2. The number of carbonyl (C=O) groups is 1. The lowest BCUT2D eigenvalue weighted by molar-refractivity contribution is -0.135. The summed E-state index contributed by atoms with van der Waals surface area (Å²) in [5, 5.41) is 11.0. The minimum Gasteiger partial charge on any atom is -0.493 e. The molecule has 0 unspecified atom stereocenters. The number of methoxy groups -OCH3 is 5. The SMILES string of the molecule is COc1ccc(CC[C@H](C(=O)N(C)[C@@H](C)[C@@H](O)c2ccccc2)c2cc(OC)c(OC)c(OC)c2)cc1OC. The zero-order chi connectivity index (χ0) is 28.5. The number of rotatable bonds is 13. The highest BCUT2D eigenvalue weighted by Gasteiger charge is 2.31. The summed E-state index contributed by atoms with van der Waals surface area (Å²) in [4.78, 5) is 15.7. The van der Waals surface area contributed by atoms with E-state index in [0.717, 1.165) is 16.7 Å². The van der Waals surface area contributed by atoms with Crippen LogP contribution in [0, 0.1) is 0 Å². The summed E-state index contributed by atoms with van der Waals surface area (Å²) in [5.41, 5.74) is 2.47. The highest BCUT2D eigenvalue weighted by molar-refractivity contribution is 5.84. The maximum absolute atomic E-state index is 14.1. The van der Waals surface area contributed by atoms with Gasteiger partial charge in [0.2, 0.25) is 11.7 Å². The normalized spacial score (nSPS) is 13.1. The predicted molar refractivity (Wildman–Crippen MR) is 150 cm³/mol. The van der Waals surface area contributed by atoms with Gasteiger partial charge in [-0.25, -0.2) is 0 Å². The Balaban J connectivity index is 1.98. The molecule has 0 aromatic heterocycles. The van der Waals surface area contributed by atoms with Gasteiger partial charge in [-0.2, -0.15) is 0 Å². The third-order valence-electron chi connectivity index (χ3n) is 7.11. The number of likely N-dealkylation sites (N-methyl/N-ethyl adjacent to an activating group) is 1. The van der Waals surface area contributed by atoms with Crippen molar-refractivity contribution in [2.45, 2.75) is 37.8 Å². The van der Waals surface area contributed by atoms with E-state index in [4.69, 9.17) is 23.7 Å². The summed E-state index contributed by atoms with van der Waals surface area (Å²) >= 11 is 0. The van der Waals surface area contributed by atoms with Crippen LogP contribution < -0.4 is 23.7 Å². The molecule has 0 fully saturated rings. The van der Waals surface area contributed by atoms with Crippen molar-refractivity contribution in [1.82, 2.24) is 4.90 Å². The fourth-order valence-electron chi connectivity index (χ4n) is 4.67. The van der Waals surface area contributed by atoms with Crippen molar-refractivity contribution in [3.8, 4) is 28.7 Å².